The highest BCUT2D eigenvalue weighted by molar-refractivity contribution is 5.96. The van der Waals surface area contributed by atoms with Gasteiger partial charge >= 0.3 is 12.1 Å². The van der Waals surface area contributed by atoms with Crippen molar-refractivity contribution in [2.75, 3.05) is 18.1 Å². The van der Waals surface area contributed by atoms with Crippen LogP contribution in [0.3, 0.4) is 0 Å². The Balaban J connectivity index is 2.45. The molecule has 120 valence electrons. The van der Waals surface area contributed by atoms with Crippen molar-refractivity contribution in [1.29, 1.82) is 0 Å². The van der Waals surface area contributed by atoms with Crippen LogP contribution in [0.2, 0.25) is 0 Å². The first-order chi connectivity index (χ1) is 10.3. The van der Waals surface area contributed by atoms with Crippen molar-refractivity contribution in [2.24, 2.45) is 0 Å². The van der Waals surface area contributed by atoms with Gasteiger partial charge in [-0.3, -0.25) is 4.79 Å². The zero-order chi connectivity index (χ0) is 16.3. The smallest absolute Gasteiger partial charge is 0.418 e. The normalized spacial score (nSPS) is 15.8. The van der Waals surface area contributed by atoms with E-state index in [1.165, 1.54) is 6.07 Å². The molecule has 0 aliphatic carbocycles. The molecule has 7 heteroatoms. The minimum Gasteiger partial charge on any atom is -0.462 e. The number of nitrogens with zero attached hydrogens (tertiary/aromatic N) is 1. The van der Waals surface area contributed by atoms with Crippen molar-refractivity contribution in [3.63, 3.8) is 0 Å². The summed E-state index contributed by atoms with van der Waals surface area (Å²) in [6.45, 7) is 1.90. The molecule has 1 fully saturated rings. The summed E-state index contributed by atoms with van der Waals surface area (Å²) in [4.78, 5) is 24.6. The highest BCUT2D eigenvalue weighted by Gasteiger charge is 2.37. The first-order valence-corrected chi connectivity index (χ1v) is 7.03. The van der Waals surface area contributed by atoms with E-state index in [1.807, 2.05) is 0 Å². The Hall–Kier alpha value is -2.05. The molecule has 22 heavy (non-hydrogen) atoms. The van der Waals surface area contributed by atoms with Crippen LogP contribution in [0, 0.1) is 0 Å². The standard InChI is InChI=1S/C15H16F3NO3/c1-2-22-14(21)10-6-7-12(11(9-10)15(16,17)18)19-8-4-3-5-13(19)20/h6-7,9H,2-5,8H2,1H3. The number of halogens is 3. The van der Waals surface area contributed by atoms with Gasteiger partial charge in [0, 0.05) is 13.0 Å². The van der Waals surface area contributed by atoms with Crippen molar-refractivity contribution in [3.05, 3.63) is 29.3 Å². The van der Waals surface area contributed by atoms with Crippen LogP contribution < -0.4 is 4.90 Å². The Morgan fingerprint density at radius 1 is 1.32 bits per heavy atom. The molecule has 0 aromatic heterocycles. The maximum absolute atomic E-state index is 13.3. The van der Waals surface area contributed by atoms with Crippen LogP contribution in [-0.4, -0.2) is 25.0 Å². The van der Waals surface area contributed by atoms with Crippen molar-refractivity contribution in [1.82, 2.24) is 0 Å². The lowest BCUT2D eigenvalue weighted by Gasteiger charge is -2.29. The number of amides is 1. The van der Waals surface area contributed by atoms with Gasteiger partial charge in [-0.05, 0) is 38.0 Å². The second-order valence-corrected chi connectivity index (χ2v) is 4.95. The van der Waals surface area contributed by atoms with Crippen LogP contribution in [0.4, 0.5) is 18.9 Å². The van der Waals surface area contributed by atoms with Gasteiger partial charge in [0.1, 0.15) is 0 Å². The molecule has 0 saturated carbocycles. The fourth-order valence-corrected chi connectivity index (χ4v) is 2.40. The van der Waals surface area contributed by atoms with Crippen LogP contribution in [0.1, 0.15) is 42.1 Å². The lowest BCUT2D eigenvalue weighted by atomic mass is 10.0. The Bertz CT molecular complexity index is 584. The Morgan fingerprint density at radius 2 is 2.05 bits per heavy atom. The average molecular weight is 315 g/mol. The van der Waals surface area contributed by atoms with Gasteiger partial charge in [0.2, 0.25) is 5.91 Å². The molecule has 2 rings (SSSR count). The van der Waals surface area contributed by atoms with E-state index in [0.29, 0.717) is 12.8 Å². The summed E-state index contributed by atoms with van der Waals surface area (Å²) >= 11 is 0. The summed E-state index contributed by atoms with van der Waals surface area (Å²) in [5.74, 6) is -1.15. The summed E-state index contributed by atoms with van der Waals surface area (Å²) in [6.07, 6.45) is -3.09. The predicted octanol–water partition coefficient (Wildman–Crippen LogP) is 3.40. The van der Waals surface area contributed by atoms with E-state index in [9.17, 15) is 22.8 Å². The van der Waals surface area contributed by atoms with E-state index in [-0.39, 0.29) is 36.7 Å². The zero-order valence-electron chi connectivity index (χ0n) is 12.1. The summed E-state index contributed by atoms with van der Waals surface area (Å²) < 4.78 is 44.5. The Kier molecular flexibility index (Phi) is 4.73. The zero-order valence-corrected chi connectivity index (χ0v) is 12.1. The fraction of sp³-hybridized carbons (Fsp3) is 0.467. The van der Waals surface area contributed by atoms with E-state index in [1.54, 1.807) is 6.92 Å². The molecule has 4 nitrogen and oxygen atoms in total. The maximum atomic E-state index is 13.3. The molecule has 1 aromatic rings. The third-order valence-corrected chi connectivity index (χ3v) is 3.43. The van der Waals surface area contributed by atoms with E-state index >= 15 is 0 Å². The minimum absolute atomic E-state index is 0.0759. The second kappa shape index (κ2) is 6.37. The fourth-order valence-electron chi connectivity index (χ4n) is 2.40. The molecule has 0 bridgehead atoms. The largest absolute Gasteiger partial charge is 0.462 e. The highest BCUT2D eigenvalue weighted by Crippen LogP contribution is 2.38. The number of rotatable bonds is 3. The first kappa shape index (κ1) is 16.3. The lowest BCUT2D eigenvalue weighted by molar-refractivity contribution is -0.137. The molecular formula is C15H16F3NO3. The van der Waals surface area contributed by atoms with Gasteiger partial charge in [-0.15, -0.1) is 0 Å². The summed E-state index contributed by atoms with van der Waals surface area (Å²) in [5, 5.41) is 0. The van der Waals surface area contributed by atoms with Crippen molar-refractivity contribution in [3.8, 4) is 0 Å². The van der Waals surface area contributed by atoms with Crippen LogP contribution >= 0.6 is 0 Å². The van der Waals surface area contributed by atoms with E-state index < -0.39 is 17.7 Å². The summed E-state index contributed by atoms with van der Waals surface area (Å²) in [7, 11) is 0. The number of hydrogen-bond donors (Lipinski definition) is 0. The molecule has 0 N–H and O–H groups in total. The molecule has 0 atom stereocenters. The van der Waals surface area contributed by atoms with E-state index in [0.717, 1.165) is 17.0 Å². The molecule has 0 radical (unpaired) electrons. The average Bonchev–Trinajstić information content (AvgIpc) is 2.46. The number of piperidine rings is 1. The predicted molar refractivity (Wildman–Crippen MR) is 73.6 cm³/mol. The van der Waals surface area contributed by atoms with Crippen molar-refractivity contribution in [2.45, 2.75) is 32.4 Å². The summed E-state index contributed by atoms with van der Waals surface area (Å²) in [6, 6.07) is 3.16. The van der Waals surface area contributed by atoms with Crippen molar-refractivity contribution < 1.29 is 27.5 Å². The highest BCUT2D eigenvalue weighted by atomic mass is 19.4. The molecule has 1 aliphatic rings. The maximum Gasteiger partial charge on any atom is 0.418 e. The van der Waals surface area contributed by atoms with Crippen LogP contribution in [0.15, 0.2) is 18.2 Å². The molecule has 1 amide bonds. The van der Waals surface area contributed by atoms with Crippen LogP contribution in [0.25, 0.3) is 0 Å². The molecule has 1 saturated heterocycles. The van der Waals surface area contributed by atoms with Crippen LogP contribution in [0.5, 0.6) is 0 Å². The molecule has 1 aromatic carbocycles. The lowest BCUT2D eigenvalue weighted by Crippen LogP contribution is -2.36. The number of ether oxygens (including phenoxy) is 1. The SMILES string of the molecule is CCOC(=O)c1ccc(N2CCCCC2=O)c(C(F)(F)F)c1. The molecular weight excluding hydrogens is 299 g/mol. The monoisotopic (exact) mass is 315 g/mol. The quantitative estimate of drug-likeness (QED) is 0.803. The number of esters is 1. The molecule has 1 heterocycles. The van der Waals surface area contributed by atoms with Gasteiger partial charge in [0.25, 0.3) is 0 Å². The topological polar surface area (TPSA) is 46.6 Å². The van der Waals surface area contributed by atoms with Gasteiger partial charge < -0.3 is 9.64 Å². The van der Waals surface area contributed by atoms with Crippen LogP contribution in [-0.2, 0) is 15.7 Å². The van der Waals surface area contributed by atoms with E-state index in [4.69, 9.17) is 4.74 Å². The second-order valence-electron chi connectivity index (χ2n) is 4.95. The van der Waals surface area contributed by atoms with Gasteiger partial charge in [0.05, 0.1) is 23.4 Å². The number of alkyl halides is 3. The third kappa shape index (κ3) is 3.40. The van der Waals surface area contributed by atoms with Crippen molar-refractivity contribution >= 4 is 17.6 Å². The summed E-state index contributed by atoms with van der Waals surface area (Å²) in [5.41, 5.74) is -1.37. The molecule has 1 aliphatic heterocycles. The van der Waals surface area contributed by atoms with Gasteiger partial charge in [0.15, 0.2) is 0 Å². The number of anilines is 1. The number of carbonyl (C=O) groups is 2. The van der Waals surface area contributed by atoms with Gasteiger partial charge in [-0.2, -0.15) is 13.2 Å². The first-order valence-electron chi connectivity index (χ1n) is 7.03. The number of carbonyl (C=O) groups excluding carboxylic acids is 2. The molecule has 0 unspecified atom stereocenters. The Morgan fingerprint density at radius 3 is 2.64 bits per heavy atom. The minimum atomic E-state index is -4.66. The third-order valence-electron chi connectivity index (χ3n) is 3.43. The van der Waals surface area contributed by atoms with Gasteiger partial charge in [-0.1, -0.05) is 0 Å². The Labute approximate surface area is 125 Å². The van der Waals surface area contributed by atoms with Gasteiger partial charge in [-0.25, -0.2) is 4.79 Å². The number of hydrogen-bond acceptors (Lipinski definition) is 3. The number of benzene rings is 1. The molecule has 0 spiro atoms. The van der Waals surface area contributed by atoms with E-state index in [2.05, 4.69) is 0 Å².